The molecule has 6 nitrogen and oxygen atoms in total. The summed E-state index contributed by atoms with van der Waals surface area (Å²) in [6.45, 7) is 20.2. The van der Waals surface area contributed by atoms with Gasteiger partial charge >= 0.3 is 6.09 Å². The van der Waals surface area contributed by atoms with E-state index in [1.54, 1.807) is 0 Å². The number of amides is 2. The molecule has 51 heavy (non-hydrogen) atoms. The van der Waals surface area contributed by atoms with Crippen molar-refractivity contribution in [2.75, 3.05) is 6.16 Å². The Hall–Kier alpha value is -3.77. The molecule has 0 radical (unpaired) electrons. The molecule has 0 heterocycles. The fraction of sp³-hybridized carbons (Fsp3) is 0.395. The van der Waals surface area contributed by atoms with Crippen molar-refractivity contribution in [3.63, 3.8) is 0 Å². The number of benzene rings is 4. The SMILES string of the molecule is CC(O[Si](c1ccccc1)(c1ccccc1)C(C)(C)C)C(CP(c1ccccc1)c1ccccc1)NC(=O)C(NC(=O)OC(C)(C)C)C(C)(C)C. The van der Waals surface area contributed by atoms with Crippen LogP contribution in [0, 0.1) is 5.41 Å². The summed E-state index contributed by atoms with van der Waals surface area (Å²) in [6, 6.07) is 41.0. The molecule has 0 aliphatic heterocycles. The van der Waals surface area contributed by atoms with E-state index in [2.05, 4.69) is 135 Å². The molecule has 3 unspecified atom stereocenters. The first kappa shape index (κ1) is 40.0. The zero-order valence-corrected chi connectivity index (χ0v) is 34.0. The maximum absolute atomic E-state index is 14.5. The van der Waals surface area contributed by atoms with Crippen molar-refractivity contribution in [1.82, 2.24) is 10.6 Å². The second-order valence-electron chi connectivity index (χ2n) is 16.3. The molecule has 4 aromatic carbocycles. The highest BCUT2D eigenvalue weighted by Gasteiger charge is 2.52. The maximum Gasteiger partial charge on any atom is 0.408 e. The molecule has 0 bridgehead atoms. The van der Waals surface area contributed by atoms with Crippen molar-refractivity contribution in [3.05, 3.63) is 121 Å². The summed E-state index contributed by atoms with van der Waals surface area (Å²) in [5, 5.41) is 10.9. The number of carbonyl (C=O) groups excluding carboxylic acids is 2. The lowest BCUT2D eigenvalue weighted by Gasteiger charge is -2.46. The van der Waals surface area contributed by atoms with E-state index >= 15 is 0 Å². The van der Waals surface area contributed by atoms with Crippen molar-refractivity contribution in [3.8, 4) is 0 Å². The van der Waals surface area contributed by atoms with E-state index < -0.39 is 51.5 Å². The summed E-state index contributed by atoms with van der Waals surface area (Å²) >= 11 is 0. The average molecular weight is 725 g/mol. The fourth-order valence-electron chi connectivity index (χ4n) is 6.50. The first-order valence-corrected chi connectivity index (χ1v) is 21.3. The molecule has 0 saturated carbocycles. The standard InChI is InChI=1S/C43H57N2O4PSi/c1-32(49-51(43(8,9)10,35-27-19-13-20-28-35)36-29-21-14-22-30-36)37(31-50(33-23-15-11-16-24-33)34-25-17-12-18-26-34)44-39(46)38(41(2,3)4)45-40(47)48-42(5,6)7/h11-30,32,37-38H,31H2,1-10H3,(H,44,46)(H,45,47). The van der Waals surface area contributed by atoms with Gasteiger partial charge in [-0.2, -0.15) is 0 Å². The molecule has 0 aromatic heterocycles. The molecule has 0 spiro atoms. The minimum Gasteiger partial charge on any atom is -0.444 e. The van der Waals surface area contributed by atoms with Gasteiger partial charge in [-0.15, -0.1) is 0 Å². The number of alkyl carbamates (subject to hydrolysis) is 1. The molecule has 0 aliphatic rings. The summed E-state index contributed by atoms with van der Waals surface area (Å²) in [4.78, 5) is 27.6. The largest absolute Gasteiger partial charge is 0.444 e. The Morgan fingerprint density at radius 3 is 1.43 bits per heavy atom. The first-order chi connectivity index (χ1) is 23.9. The minimum absolute atomic E-state index is 0.256. The lowest BCUT2D eigenvalue weighted by atomic mass is 9.86. The molecular weight excluding hydrogens is 668 g/mol. The van der Waals surface area contributed by atoms with E-state index in [-0.39, 0.29) is 10.9 Å². The Bertz CT molecular complexity index is 1610. The van der Waals surface area contributed by atoms with Crippen LogP contribution in [-0.4, -0.2) is 50.3 Å². The van der Waals surface area contributed by atoms with E-state index in [1.807, 2.05) is 65.8 Å². The lowest BCUT2D eigenvalue weighted by Crippen LogP contribution is -2.69. The number of carbonyl (C=O) groups is 2. The van der Waals surface area contributed by atoms with Gasteiger partial charge in [-0.1, -0.05) is 163 Å². The molecule has 0 aliphatic carbocycles. The molecule has 2 amide bonds. The molecule has 8 heteroatoms. The van der Waals surface area contributed by atoms with Gasteiger partial charge in [-0.05, 0) is 73.2 Å². The van der Waals surface area contributed by atoms with Crippen LogP contribution in [0.1, 0.15) is 69.2 Å². The number of rotatable bonds is 12. The van der Waals surface area contributed by atoms with Gasteiger partial charge in [0.15, 0.2) is 0 Å². The normalized spacial score (nSPS) is 14.3. The van der Waals surface area contributed by atoms with E-state index in [0.717, 1.165) is 0 Å². The first-order valence-electron chi connectivity index (χ1n) is 17.9. The molecule has 4 aromatic rings. The Labute approximate surface area is 308 Å². The van der Waals surface area contributed by atoms with E-state index in [4.69, 9.17) is 9.16 Å². The van der Waals surface area contributed by atoms with Gasteiger partial charge < -0.3 is 19.8 Å². The number of ether oxygens (including phenoxy) is 1. The number of hydrogen-bond donors (Lipinski definition) is 2. The zero-order valence-electron chi connectivity index (χ0n) is 32.1. The molecule has 0 saturated heterocycles. The number of hydrogen-bond acceptors (Lipinski definition) is 4. The monoisotopic (exact) mass is 724 g/mol. The molecule has 3 atom stereocenters. The van der Waals surface area contributed by atoms with Gasteiger partial charge in [0.2, 0.25) is 5.91 Å². The van der Waals surface area contributed by atoms with Crippen LogP contribution < -0.4 is 31.6 Å². The highest BCUT2D eigenvalue weighted by molar-refractivity contribution is 7.73. The predicted molar refractivity (Wildman–Crippen MR) is 217 cm³/mol. The van der Waals surface area contributed by atoms with Gasteiger partial charge in [0.25, 0.3) is 8.32 Å². The van der Waals surface area contributed by atoms with Crippen LogP contribution in [0.25, 0.3) is 0 Å². The second kappa shape index (κ2) is 16.7. The van der Waals surface area contributed by atoms with Crippen LogP contribution in [0.15, 0.2) is 121 Å². The summed E-state index contributed by atoms with van der Waals surface area (Å²) < 4.78 is 13.2. The summed E-state index contributed by atoms with van der Waals surface area (Å²) in [5.41, 5.74) is -1.30. The van der Waals surface area contributed by atoms with Crippen molar-refractivity contribution in [1.29, 1.82) is 0 Å². The molecule has 0 fully saturated rings. The predicted octanol–water partition coefficient (Wildman–Crippen LogP) is 7.51. The summed E-state index contributed by atoms with van der Waals surface area (Å²) in [5.74, 6) is -0.271. The van der Waals surface area contributed by atoms with Crippen molar-refractivity contribution in [2.45, 2.75) is 98.1 Å². The third-order valence-electron chi connectivity index (χ3n) is 8.98. The fourth-order valence-corrected chi connectivity index (χ4v) is 13.8. The Kier molecular flexibility index (Phi) is 13.1. The van der Waals surface area contributed by atoms with Crippen LogP contribution >= 0.6 is 7.92 Å². The van der Waals surface area contributed by atoms with Gasteiger partial charge in [-0.25, -0.2) is 4.79 Å². The van der Waals surface area contributed by atoms with Crippen LogP contribution in [0.2, 0.25) is 5.04 Å². The van der Waals surface area contributed by atoms with E-state index in [1.165, 1.54) is 21.0 Å². The Morgan fingerprint density at radius 1 is 0.647 bits per heavy atom. The summed E-state index contributed by atoms with van der Waals surface area (Å²) in [6.07, 6.45) is -0.390. The van der Waals surface area contributed by atoms with E-state index in [0.29, 0.717) is 6.16 Å². The van der Waals surface area contributed by atoms with Crippen LogP contribution in [0.4, 0.5) is 4.79 Å². The van der Waals surface area contributed by atoms with Crippen LogP contribution in [0.5, 0.6) is 0 Å². The smallest absolute Gasteiger partial charge is 0.408 e. The highest BCUT2D eigenvalue weighted by atomic mass is 31.1. The topological polar surface area (TPSA) is 76.7 Å². The van der Waals surface area contributed by atoms with E-state index in [9.17, 15) is 9.59 Å². The van der Waals surface area contributed by atoms with Crippen molar-refractivity contribution < 1.29 is 18.8 Å². The van der Waals surface area contributed by atoms with Crippen LogP contribution in [-0.2, 0) is 14.0 Å². The third kappa shape index (κ3) is 10.4. The zero-order chi connectivity index (χ0) is 37.5. The van der Waals surface area contributed by atoms with Crippen molar-refractivity contribution >= 4 is 49.2 Å². The Balaban J connectivity index is 1.84. The second-order valence-corrected chi connectivity index (χ2v) is 22.8. The molecule has 4 rings (SSSR count). The maximum atomic E-state index is 14.5. The van der Waals surface area contributed by atoms with Gasteiger partial charge in [-0.3, -0.25) is 4.79 Å². The van der Waals surface area contributed by atoms with Gasteiger partial charge in [0.1, 0.15) is 11.6 Å². The quantitative estimate of drug-likeness (QED) is 0.117. The minimum atomic E-state index is -2.99. The molecule has 2 N–H and O–H groups in total. The van der Waals surface area contributed by atoms with Crippen LogP contribution in [0.3, 0.4) is 0 Å². The summed E-state index contributed by atoms with van der Waals surface area (Å²) in [7, 11) is -3.89. The van der Waals surface area contributed by atoms with Gasteiger partial charge in [0.05, 0.1) is 12.1 Å². The lowest BCUT2D eigenvalue weighted by molar-refractivity contribution is -0.126. The molecule has 272 valence electrons. The third-order valence-corrected chi connectivity index (χ3v) is 16.7. The Morgan fingerprint density at radius 2 is 1.06 bits per heavy atom. The molecular formula is C43H57N2O4PSi. The number of nitrogens with one attached hydrogen (secondary N) is 2. The van der Waals surface area contributed by atoms with Gasteiger partial charge in [0, 0.05) is 0 Å². The highest BCUT2D eigenvalue weighted by Crippen LogP contribution is 2.40. The van der Waals surface area contributed by atoms with Crippen molar-refractivity contribution in [2.24, 2.45) is 5.41 Å². The average Bonchev–Trinajstić information content (AvgIpc) is 3.07.